The monoisotopic (exact) mass is 282 g/mol. The first-order valence-corrected chi connectivity index (χ1v) is 8.16. The lowest BCUT2D eigenvalue weighted by Crippen LogP contribution is -2.53. The van der Waals surface area contributed by atoms with Gasteiger partial charge in [-0.15, -0.1) is 0 Å². The number of methoxy groups -OCH3 is 1. The van der Waals surface area contributed by atoms with Crippen LogP contribution >= 0.6 is 0 Å². The molecule has 2 saturated carbocycles. The fraction of sp³-hybridized carbons (Fsp3) is 0.938. The third-order valence-electron chi connectivity index (χ3n) is 4.42. The molecule has 0 aromatic rings. The number of nitrogens with one attached hydrogen (secondary N) is 1. The van der Waals surface area contributed by atoms with Crippen LogP contribution in [0.1, 0.15) is 52.4 Å². The van der Waals surface area contributed by atoms with E-state index in [0.717, 1.165) is 25.4 Å². The minimum absolute atomic E-state index is 0.118. The van der Waals surface area contributed by atoms with Crippen LogP contribution in [0.2, 0.25) is 0 Å². The molecule has 1 N–H and O–H groups in total. The second-order valence-electron chi connectivity index (χ2n) is 6.74. The first-order chi connectivity index (χ1) is 9.57. The van der Waals surface area contributed by atoms with Crippen molar-refractivity contribution < 1.29 is 9.53 Å². The van der Waals surface area contributed by atoms with Crippen molar-refractivity contribution in [3.8, 4) is 0 Å². The molecular formula is C16H30N2O2. The molecule has 20 heavy (non-hydrogen) atoms. The van der Waals surface area contributed by atoms with Gasteiger partial charge < -0.3 is 9.64 Å². The van der Waals surface area contributed by atoms with Gasteiger partial charge >= 0.3 is 5.97 Å². The summed E-state index contributed by atoms with van der Waals surface area (Å²) in [5, 5.41) is 3.48. The van der Waals surface area contributed by atoms with E-state index in [-0.39, 0.29) is 5.97 Å². The highest BCUT2D eigenvalue weighted by Crippen LogP contribution is 2.30. The number of hydrogen-bond donors (Lipinski definition) is 1. The van der Waals surface area contributed by atoms with Crippen molar-refractivity contribution in [2.75, 3.05) is 26.7 Å². The molecule has 0 spiro atoms. The van der Waals surface area contributed by atoms with E-state index >= 15 is 0 Å². The minimum Gasteiger partial charge on any atom is -0.468 e. The molecule has 0 aromatic carbocycles. The summed E-state index contributed by atoms with van der Waals surface area (Å²) in [6.07, 6.45) is 7.16. The maximum Gasteiger partial charge on any atom is 0.325 e. The molecular weight excluding hydrogens is 252 g/mol. The Hall–Kier alpha value is -0.610. The minimum atomic E-state index is -0.522. The van der Waals surface area contributed by atoms with Crippen molar-refractivity contribution in [3.05, 3.63) is 0 Å². The van der Waals surface area contributed by atoms with Crippen LogP contribution in [0.5, 0.6) is 0 Å². The zero-order valence-electron chi connectivity index (χ0n) is 13.3. The molecule has 4 heteroatoms. The Morgan fingerprint density at radius 2 is 2.00 bits per heavy atom. The summed E-state index contributed by atoms with van der Waals surface area (Å²) in [4.78, 5) is 14.6. The highest BCUT2D eigenvalue weighted by Gasteiger charge is 2.39. The number of ether oxygens (including phenoxy) is 1. The van der Waals surface area contributed by atoms with E-state index in [2.05, 4.69) is 17.1 Å². The quantitative estimate of drug-likeness (QED) is 0.624. The zero-order chi connectivity index (χ0) is 14.6. The van der Waals surface area contributed by atoms with Crippen molar-refractivity contribution in [2.45, 2.75) is 64.0 Å². The molecule has 2 aliphatic rings. The molecule has 1 atom stereocenters. The third-order valence-corrected chi connectivity index (χ3v) is 4.42. The molecule has 0 bridgehead atoms. The van der Waals surface area contributed by atoms with Crippen LogP contribution in [0.15, 0.2) is 0 Å². The smallest absolute Gasteiger partial charge is 0.325 e. The highest BCUT2D eigenvalue weighted by atomic mass is 16.5. The first-order valence-electron chi connectivity index (χ1n) is 8.16. The van der Waals surface area contributed by atoms with Gasteiger partial charge in [-0.3, -0.25) is 10.1 Å². The average molecular weight is 282 g/mol. The van der Waals surface area contributed by atoms with E-state index in [9.17, 15) is 4.79 Å². The van der Waals surface area contributed by atoms with Crippen molar-refractivity contribution in [3.63, 3.8) is 0 Å². The van der Waals surface area contributed by atoms with E-state index in [1.807, 2.05) is 6.92 Å². The first kappa shape index (κ1) is 15.8. The molecule has 2 aliphatic carbocycles. The maximum atomic E-state index is 12.1. The van der Waals surface area contributed by atoms with Crippen LogP contribution in [0, 0.1) is 5.92 Å². The summed E-state index contributed by atoms with van der Waals surface area (Å²) in [5.41, 5.74) is -0.522. The molecule has 4 nitrogen and oxygen atoms in total. The van der Waals surface area contributed by atoms with Crippen LogP contribution in [-0.4, -0.2) is 49.2 Å². The van der Waals surface area contributed by atoms with Gasteiger partial charge in [0.05, 0.1) is 7.11 Å². The number of esters is 1. The lowest BCUT2D eigenvalue weighted by Gasteiger charge is -2.31. The molecule has 2 fully saturated rings. The van der Waals surface area contributed by atoms with Gasteiger partial charge in [0.25, 0.3) is 0 Å². The summed E-state index contributed by atoms with van der Waals surface area (Å²) >= 11 is 0. The highest BCUT2D eigenvalue weighted by molar-refractivity contribution is 5.80. The largest absolute Gasteiger partial charge is 0.468 e. The van der Waals surface area contributed by atoms with Gasteiger partial charge in [-0.2, -0.15) is 0 Å². The standard InChI is InChI=1S/C16H30N2O2/c1-4-10-18(12-13-5-6-13)11-9-16(2,15(19)20-3)17-14-7-8-14/h13-14,17H,4-12H2,1-3H3. The molecule has 0 saturated heterocycles. The van der Waals surface area contributed by atoms with Gasteiger partial charge in [0.2, 0.25) is 0 Å². The van der Waals surface area contributed by atoms with Crippen molar-refractivity contribution in [2.24, 2.45) is 5.92 Å². The van der Waals surface area contributed by atoms with Crippen LogP contribution in [0.4, 0.5) is 0 Å². The van der Waals surface area contributed by atoms with Gasteiger partial charge in [-0.1, -0.05) is 6.92 Å². The zero-order valence-corrected chi connectivity index (χ0v) is 13.3. The molecule has 2 rings (SSSR count). The average Bonchev–Trinajstić information content (AvgIpc) is 3.31. The Morgan fingerprint density at radius 3 is 2.50 bits per heavy atom. The number of hydrogen-bond acceptors (Lipinski definition) is 4. The van der Waals surface area contributed by atoms with E-state index in [1.165, 1.54) is 45.8 Å². The van der Waals surface area contributed by atoms with E-state index in [0.29, 0.717) is 6.04 Å². The van der Waals surface area contributed by atoms with Crippen molar-refractivity contribution in [1.29, 1.82) is 0 Å². The SMILES string of the molecule is CCCN(CCC(C)(NC1CC1)C(=O)OC)CC1CC1. The van der Waals surface area contributed by atoms with Crippen molar-refractivity contribution in [1.82, 2.24) is 10.2 Å². The lowest BCUT2D eigenvalue weighted by molar-refractivity contribution is -0.148. The van der Waals surface area contributed by atoms with Crippen LogP contribution in [0.25, 0.3) is 0 Å². The summed E-state index contributed by atoms with van der Waals surface area (Å²) in [7, 11) is 1.49. The molecule has 0 aromatic heterocycles. The summed E-state index contributed by atoms with van der Waals surface area (Å²) in [5.74, 6) is 0.787. The molecule has 0 amide bonds. The van der Waals surface area contributed by atoms with Gasteiger partial charge in [0.15, 0.2) is 0 Å². The van der Waals surface area contributed by atoms with E-state index in [4.69, 9.17) is 4.74 Å². The number of carbonyl (C=O) groups excluding carboxylic acids is 1. The molecule has 0 aliphatic heterocycles. The number of rotatable bonds is 10. The van der Waals surface area contributed by atoms with Crippen LogP contribution in [-0.2, 0) is 9.53 Å². The fourth-order valence-electron chi connectivity index (χ4n) is 2.79. The predicted octanol–water partition coefficient (Wildman–Crippen LogP) is 2.18. The molecule has 0 radical (unpaired) electrons. The van der Waals surface area contributed by atoms with E-state index in [1.54, 1.807) is 0 Å². The summed E-state index contributed by atoms with van der Waals surface area (Å²) < 4.78 is 5.01. The third kappa shape index (κ3) is 4.74. The Labute approximate surface area is 123 Å². The number of carbonyl (C=O) groups is 1. The van der Waals surface area contributed by atoms with Crippen LogP contribution in [0.3, 0.4) is 0 Å². The Kier molecular flexibility index (Phi) is 5.44. The molecule has 1 unspecified atom stereocenters. The fourth-order valence-corrected chi connectivity index (χ4v) is 2.79. The lowest BCUT2D eigenvalue weighted by atomic mass is 9.97. The summed E-state index contributed by atoms with van der Waals surface area (Å²) in [6, 6.07) is 0.516. The van der Waals surface area contributed by atoms with Gasteiger partial charge in [-0.05, 0) is 57.9 Å². The van der Waals surface area contributed by atoms with Crippen LogP contribution < -0.4 is 5.32 Å². The van der Waals surface area contributed by atoms with Gasteiger partial charge in [0.1, 0.15) is 5.54 Å². The number of nitrogens with zero attached hydrogens (tertiary/aromatic N) is 1. The Morgan fingerprint density at radius 1 is 1.30 bits per heavy atom. The molecule has 0 heterocycles. The Bertz CT molecular complexity index is 326. The van der Waals surface area contributed by atoms with E-state index < -0.39 is 5.54 Å². The van der Waals surface area contributed by atoms with Gasteiger partial charge in [0, 0.05) is 19.1 Å². The second-order valence-corrected chi connectivity index (χ2v) is 6.74. The second kappa shape index (κ2) is 6.90. The Balaban J connectivity index is 1.85. The summed E-state index contributed by atoms with van der Waals surface area (Å²) in [6.45, 7) is 7.54. The topological polar surface area (TPSA) is 41.6 Å². The maximum absolute atomic E-state index is 12.1. The van der Waals surface area contributed by atoms with Crippen molar-refractivity contribution >= 4 is 5.97 Å². The van der Waals surface area contributed by atoms with Gasteiger partial charge in [-0.25, -0.2) is 0 Å². The molecule has 116 valence electrons. The predicted molar refractivity (Wildman–Crippen MR) is 80.7 cm³/mol. The normalized spacial score (nSPS) is 21.8.